The van der Waals surface area contributed by atoms with E-state index in [1.54, 1.807) is 19.1 Å². The SMILES string of the molecule is Cc1ccc(NC(=O)CSc2nc3c(cc2C#N)CCCCCC3)cc1[N+](=O)[O-]. The molecule has 7 nitrogen and oxygen atoms in total. The third kappa shape index (κ3) is 5.33. The van der Waals surface area contributed by atoms with Crippen molar-refractivity contribution >= 4 is 29.0 Å². The standard InChI is InChI=1S/C21H22N4O3S/c1-14-8-9-17(11-19(14)25(27)28)23-20(26)13-29-21-16(12-22)10-15-6-4-2-3-5-7-18(15)24-21/h8-11H,2-7,13H2,1H3,(H,23,26). The highest BCUT2D eigenvalue weighted by molar-refractivity contribution is 8.00. The summed E-state index contributed by atoms with van der Waals surface area (Å²) in [5, 5.41) is 23.8. The average molecular weight is 410 g/mol. The summed E-state index contributed by atoms with van der Waals surface area (Å²) in [7, 11) is 0. The lowest BCUT2D eigenvalue weighted by atomic mass is 9.96. The first-order valence-electron chi connectivity index (χ1n) is 9.58. The van der Waals surface area contributed by atoms with Crippen LogP contribution in [0.5, 0.6) is 0 Å². The topological polar surface area (TPSA) is 109 Å². The van der Waals surface area contributed by atoms with Crippen LogP contribution in [-0.2, 0) is 17.6 Å². The molecule has 0 fully saturated rings. The molecule has 1 heterocycles. The van der Waals surface area contributed by atoms with Crippen LogP contribution in [0.25, 0.3) is 0 Å². The molecule has 1 aliphatic carbocycles. The number of nitriles is 1. The van der Waals surface area contributed by atoms with Crippen LogP contribution in [-0.4, -0.2) is 21.6 Å². The number of benzene rings is 1. The molecule has 1 aliphatic rings. The molecule has 0 bridgehead atoms. The van der Waals surface area contributed by atoms with Crippen LogP contribution in [0, 0.1) is 28.4 Å². The predicted molar refractivity (Wildman–Crippen MR) is 112 cm³/mol. The van der Waals surface area contributed by atoms with E-state index in [0.717, 1.165) is 36.9 Å². The number of nitro benzene ring substituents is 1. The number of thioether (sulfide) groups is 1. The second-order valence-electron chi connectivity index (χ2n) is 7.07. The van der Waals surface area contributed by atoms with Gasteiger partial charge in [-0.3, -0.25) is 14.9 Å². The molecule has 1 amide bonds. The van der Waals surface area contributed by atoms with E-state index in [1.165, 1.54) is 30.7 Å². The normalized spacial score (nSPS) is 13.5. The number of aryl methyl sites for hydroxylation is 3. The second kappa shape index (κ2) is 9.52. The van der Waals surface area contributed by atoms with E-state index >= 15 is 0 Å². The van der Waals surface area contributed by atoms with Crippen molar-refractivity contribution in [3.63, 3.8) is 0 Å². The highest BCUT2D eigenvalue weighted by atomic mass is 32.2. The number of aromatic nitrogens is 1. The van der Waals surface area contributed by atoms with Gasteiger partial charge in [-0.2, -0.15) is 5.26 Å². The molecular formula is C21H22N4O3S. The van der Waals surface area contributed by atoms with E-state index in [2.05, 4.69) is 16.4 Å². The third-order valence-corrected chi connectivity index (χ3v) is 5.91. The summed E-state index contributed by atoms with van der Waals surface area (Å²) >= 11 is 1.22. The monoisotopic (exact) mass is 410 g/mol. The first-order chi connectivity index (χ1) is 14.0. The lowest BCUT2D eigenvalue weighted by Gasteiger charge is -2.15. The van der Waals surface area contributed by atoms with Crippen LogP contribution < -0.4 is 5.32 Å². The highest BCUT2D eigenvalue weighted by Crippen LogP contribution is 2.27. The molecule has 0 aliphatic heterocycles. The van der Waals surface area contributed by atoms with Gasteiger partial charge in [-0.1, -0.05) is 30.7 Å². The lowest BCUT2D eigenvalue weighted by molar-refractivity contribution is -0.385. The Kier molecular flexibility index (Phi) is 6.83. The molecule has 0 unspecified atom stereocenters. The van der Waals surface area contributed by atoms with Crippen molar-refractivity contribution in [2.75, 3.05) is 11.1 Å². The number of fused-ring (bicyclic) bond motifs is 1. The van der Waals surface area contributed by atoms with Gasteiger partial charge in [0.1, 0.15) is 11.1 Å². The number of nitro groups is 1. The summed E-state index contributed by atoms with van der Waals surface area (Å²) in [6, 6.07) is 8.69. The molecule has 8 heteroatoms. The Bertz CT molecular complexity index is 985. The smallest absolute Gasteiger partial charge is 0.274 e. The number of nitrogens with one attached hydrogen (secondary N) is 1. The van der Waals surface area contributed by atoms with Gasteiger partial charge in [-0.15, -0.1) is 0 Å². The number of hydrogen-bond donors (Lipinski definition) is 1. The second-order valence-corrected chi connectivity index (χ2v) is 8.03. The van der Waals surface area contributed by atoms with Gasteiger partial charge < -0.3 is 5.32 Å². The minimum Gasteiger partial charge on any atom is -0.325 e. The summed E-state index contributed by atoms with van der Waals surface area (Å²) in [5.41, 5.74) is 3.53. The zero-order chi connectivity index (χ0) is 20.8. The molecule has 2 aromatic rings. The number of hydrogen-bond acceptors (Lipinski definition) is 6. The van der Waals surface area contributed by atoms with Crippen molar-refractivity contribution in [2.45, 2.75) is 50.5 Å². The maximum Gasteiger partial charge on any atom is 0.274 e. The zero-order valence-electron chi connectivity index (χ0n) is 16.2. The number of pyridine rings is 1. The summed E-state index contributed by atoms with van der Waals surface area (Å²) in [6.45, 7) is 1.65. The Hall–Kier alpha value is -2.92. The van der Waals surface area contributed by atoms with Gasteiger partial charge in [0.2, 0.25) is 5.91 Å². The molecule has 3 rings (SSSR count). The van der Waals surface area contributed by atoms with Crippen LogP contribution in [0.1, 0.15) is 48.1 Å². The van der Waals surface area contributed by atoms with Crippen molar-refractivity contribution in [1.29, 1.82) is 5.26 Å². The molecule has 0 saturated carbocycles. The Labute approximate surface area is 173 Å². The fraction of sp³-hybridized carbons (Fsp3) is 0.381. The van der Waals surface area contributed by atoms with Crippen molar-refractivity contribution in [2.24, 2.45) is 0 Å². The number of carbonyl (C=O) groups is 1. The summed E-state index contributed by atoms with van der Waals surface area (Å²) in [5.74, 6) is -0.229. The van der Waals surface area contributed by atoms with E-state index in [4.69, 9.17) is 0 Å². The van der Waals surface area contributed by atoms with Gasteiger partial charge in [0.15, 0.2) is 0 Å². The van der Waals surface area contributed by atoms with Crippen molar-refractivity contribution in [1.82, 2.24) is 4.98 Å². The van der Waals surface area contributed by atoms with Crippen LogP contribution in [0.3, 0.4) is 0 Å². The maximum atomic E-state index is 12.3. The molecule has 1 aromatic carbocycles. The summed E-state index contributed by atoms with van der Waals surface area (Å²) in [6.07, 6.45) is 6.42. The minimum absolute atomic E-state index is 0.0365. The first kappa shape index (κ1) is 20.8. The van der Waals surface area contributed by atoms with Crippen molar-refractivity contribution in [3.05, 3.63) is 56.8 Å². The molecule has 0 radical (unpaired) electrons. The zero-order valence-corrected chi connectivity index (χ0v) is 17.1. The quantitative estimate of drug-likeness (QED) is 0.440. The van der Waals surface area contributed by atoms with E-state index < -0.39 is 4.92 Å². The molecule has 1 aromatic heterocycles. The Balaban J connectivity index is 1.70. The van der Waals surface area contributed by atoms with Gasteiger partial charge in [0.05, 0.1) is 16.2 Å². The average Bonchev–Trinajstić information content (AvgIpc) is 2.68. The van der Waals surface area contributed by atoms with E-state index in [9.17, 15) is 20.2 Å². The van der Waals surface area contributed by atoms with E-state index in [1.807, 2.05) is 6.07 Å². The number of amides is 1. The lowest BCUT2D eigenvalue weighted by Crippen LogP contribution is -2.15. The Morgan fingerprint density at radius 2 is 2.03 bits per heavy atom. The van der Waals surface area contributed by atoms with Crippen LogP contribution >= 0.6 is 11.8 Å². The van der Waals surface area contributed by atoms with Crippen molar-refractivity contribution in [3.8, 4) is 6.07 Å². The Morgan fingerprint density at radius 1 is 1.28 bits per heavy atom. The fourth-order valence-corrected chi connectivity index (χ4v) is 4.15. The molecular weight excluding hydrogens is 388 g/mol. The van der Waals surface area contributed by atoms with Gasteiger partial charge in [0, 0.05) is 23.0 Å². The number of anilines is 1. The molecule has 0 spiro atoms. The molecule has 0 atom stereocenters. The van der Waals surface area contributed by atoms with Gasteiger partial charge in [-0.25, -0.2) is 4.98 Å². The summed E-state index contributed by atoms with van der Waals surface area (Å²) in [4.78, 5) is 27.6. The minimum atomic E-state index is -0.471. The Morgan fingerprint density at radius 3 is 2.76 bits per heavy atom. The molecule has 0 saturated heterocycles. The molecule has 29 heavy (non-hydrogen) atoms. The largest absolute Gasteiger partial charge is 0.325 e. The van der Waals surface area contributed by atoms with E-state index in [0.29, 0.717) is 21.8 Å². The van der Waals surface area contributed by atoms with Crippen LogP contribution in [0.4, 0.5) is 11.4 Å². The highest BCUT2D eigenvalue weighted by Gasteiger charge is 2.16. The van der Waals surface area contributed by atoms with Gasteiger partial charge >= 0.3 is 0 Å². The van der Waals surface area contributed by atoms with E-state index in [-0.39, 0.29) is 17.3 Å². The van der Waals surface area contributed by atoms with Gasteiger partial charge in [0.25, 0.3) is 5.69 Å². The molecule has 1 N–H and O–H groups in total. The molecule has 150 valence electrons. The third-order valence-electron chi connectivity index (χ3n) is 4.92. The van der Waals surface area contributed by atoms with Crippen LogP contribution in [0.15, 0.2) is 29.3 Å². The fourth-order valence-electron chi connectivity index (χ4n) is 3.37. The first-order valence-corrected chi connectivity index (χ1v) is 10.6. The summed E-state index contributed by atoms with van der Waals surface area (Å²) < 4.78 is 0. The number of carbonyl (C=O) groups excluding carboxylic acids is 1. The number of nitrogens with zero attached hydrogens (tertiary/aromatic N) is 3. The van der Waals surface area contributed by atoms with Crippen molar-refractivity contribution < 1.29 is 9.72 Å². The number of rotatable bonds is 5. The predicted octanol–water partition coefficient (Wildman–Crippen LogP) is 4.56. The maximum absolute atomic E-state index is 12.3. The van der Waals surface area contributed by atoms with Gasteiger partial charge in [-0.05, 0) is 50.3 Å². The van der Waals surface area contributed by atoms with Crippen LogP contribution in [0.2, 0.25) is 0 Å².